The first-order valence-corrected chi connectivity index (χ1v) is 5.22. The predicted molar refractivity (Wildman–Crippen MR) is 50.3 cm³/mol. The molecule has 15 heavy (non-hydrogen) atoms. The third-order valence-electron chi connectivity index (χ3n) is 1.52. The second-order valence-corrected chi connectivity index (χ2v) is 4.11. The van der Waals surface area contributed by atoms with E-state index in [1.807, 2.05) is 5.92 Å². The summed E-state index contributed by atoms with van der Waals surface area (Å²) in [5.41, 5.74) is -0.0519. The quantitative estimate of drug-likeness (QED) is 0.698. The Labute approximate surface area is 86.2 Å². The van der Waals surface area contributed by atoms with Crippen LogP contribution in [0.4, 0.5) is 4.39 Å². The third kappa shape index (κ3) is 2.78. The highest BCUT2D eigenvalue weighted by atomic mass is 32.2. The summed E-state index contributed by atoms with van der Waals surface area (Å²) in [7, 11) is -3.92. The number of nitrogens with two attached hydrogens (primary N) is 1. The van der Waals surface area contributed by atoms with E-state index >= 15 is 0 Å². The van der Waals surface area contributed by atoms with Crippen molar-refractivity contribution in [3.05, 3.63) is 29.6 Å². The molecule has 76 valence electrons. The molecule has 1 rings (SSSR count). The summed E-state index contributed by atoms with van der Waals surface area (Å²) >= 11 is 0. The van der Waals surface area contributed by atoms with Crippen LogP contribution >= 0.6 is 0 Å². The summed E-state index contributed by atoms with van der Waals surface area (Å²) in [6, 6.07) is 4.56. The van der Waals surface area contributed by atoms with Crippen LogP contribution in [-0.2, 0) is 10.0 Å². The van der Waals surface area contributed by atoms with Gasteiger partial charge in [0, 0.05) is 5.92 Å². The molecule has 0 unspecified atom stereocenters. The van der Waals surface area contributed by atoms with Crippen LogP contribution in [0.3, 0.4) is 0 Å². The van der Waals surface area contributed by atoms with E-state index in [0.717, 1.165) is 18.2 Å². The molecule has 0 radical (unpaired) electrons. The van der Waals surface area contributed by atoms with Crippen molar-refractivity contribution in [2.24, 2.45) is 5.14 Å². The zero-order valence-corrected chi connectivity index (χ0v) is 8.18. The molecule has 2 N–H and O–H groups in total. The number of hydrogen-bond donors (Lipinski definition) is 1. The van der Waals surface area contributed by atoms with Crippen LogP contribution in [0.1, 0.15) is 5.56 Å². The van der Waals surface area contributed by atoms with E-state index in [9.17, 15) is 12.8 Å². The van der Waals surface area contributed by atoms with Crippen molar-refractivity contribution in [2.45, 2.75) is 4.90 Å². The van der Waals surface area contributed by atoms with Gasteiger partial charge in [0.05, 0.1) is 10.5 Å². The van der Waals surface area contributed by atoms with E-state index in [0.29, 0.717) is 0 Å². The molecule has 0 heterocycles. The normalized spacial score (nSPS) is 9.93. The summed E-state index contributed by atoms with van der Waals surface area (Å²) in [5, 5.41) is 12.9. The highest BCUT2D eigenvalue weighted by molar-refractivity contribution is 7.89. The second kappa shape index (κ2) is 4.09. The van der Waals surface area contributed by atoms with Crippen LogP contribution in [0.25, 0.3) is 0 Å². The number of nitrogens with zero attached hydrogens (tertiary/aromatic N) is 1. The first-order chi connectivity index (χ1) is 6.95. The zero-order valence-electron chi connectivity index (χ0n) is 7.36. The van der Waals surface area contributed by atoms with Crippen LogP contribution in [0.15, 0.2) is 23.1 Å². The lowest BCUT2D eigenvalue weighted by atomic mass is 10.2. The van der Waals surface area contributed by atoms with Crippen molar-refractivity contribution in [2.75, 3.05) is 0 Å². The van der Waals surface area contributed by atoms with Gasteiger partial charge in [-0.15, -0.1) is 0 Å². The topological polar surface area (TPSA) is 83.9 Å². The Balaban J connectivity index is 3.28. The minimum absolute atomic E-state index is 0.0519. The van der Waals surface area contributed by atoms with Crippen molar-refractivity contribution in [1.82, 2.24) is 0 Å². The lowest BCUT2D eigenvalue weighted by Crippen LogP contribution is -2.12. The molecule has 1 aromatic carbocycles. The molecule has 0 bridgehead atoms. The number of nitriles is 1. The molecule has 1 aromatic rings. The van der Waals surface area contributed by atoms with E-state index in [-0.39, 0.29) is 10.5 Å². The monoisotopic (exact) mass is 224 g/mol. The maximum atomic E-state index is 13.2. The van der Waals surface area contributed by atoms with Crippen molar-refractivity contribution < 1.29 is 12.8 Å². The van der Waals surface area contributed by atoms with Crippen LogP contribution in [-0.4, -0.2) is 8.42 Å². The molecule has 4 nitrogen and oxygen atoms in total. The second-order valence-electron chi connectivity index (χ2n) is 2.55. The van der Waals surface area contributed by atoms with Gasteiger partial charge < -0.3 is 0 Å². The number of benzene rings is 1. The number of rotatable bonds is 1. The Hall–Kier alpha value is -1.89. The van der Waals surface area contributed by atoms with Gasteiger partial charge in [0.1, 0.15) is 5.82 Å². The van der Waals surface area contributed by atoms with Crippen LogP contribution in [0.5, 0.6) is 0 Å². The van der Waals surface area contributed by atoms with Gasteiger partial charge in [0.25, 0.3) is 0 Å². The van der Waals surface area contributed by atoms with Gasteiger partial charge in [-0.25, -0.2) is 17.9 Å². The fraction of sp³-hybridized carbons (Fsp3) is 0. The Morgan fingerprint density at radius 2 is 2.07 bits per heavy atom. The SMILES string of the molecule is N#CC#Cc1ccc(S(N)(=O)=O)cc1F. The Kier molecular flexibility index (Phi) is 3.05. The number of hydrogen-bond acceptors (Lipinski definition) is 3. The summed E-state index contributed by atoms with van der Waals surface area (Å²) in [4.78, 5) is -0.331. The molecule has 6 heteroatoms. The average Bonchev–Trinajstić information content (AvgIpc) is 2.14. The maximum Gasteiger partial charge on any atom is 0.238 e. The highest BCUT2D eigenvalue weighted by Gasteiger charge is 2.10. The molecule has 0 saturated carbocycles. The molecule has 0 aliphatic rings. The Morgan fingerprint density at radius 1 is 1.40 bits per heavy atom. The Bertz CT molecular complexity index is 591. The van der Waals surface area contributed by atoms with Gasteiger partial charge in [0.2, 0.25) is 10.0 Å². The zero-order chi connectivity index (χ0) is 11.5. The standard InChI is InChI=1S/C9H5FN2O2S/c10-9-6-8(15(12,13)14)4-3-7(9)2-1-5-11/h3-4,6H,(H2,12,13,14). The smallest absolute Gasteiger partial charge is 0.225 e. The molecule has 0 saturated heterocycles. The van der Waals surface area contributed by atoms with E-state index < -0.39 is 15.8 Å². The summed E-state index contributed by atoms with van der Waals surface area (Å²) < 4.78 is 34.8. The van der Waals surface area contributed by atoms with Gasteiger partial charge in [-0.2, -0.15) is 5.26 Å². The minimum Gasteiger partial charge on any atom is -0.225 e. The number of primary sulfonamides is 1. The van der Waals surface area contributed by atoms with Gasteiger partial charge in [-0.3, -0.25) is 0 Å². The Morgan fingerprint density at radius 3 is 2.53 bits per heavy atom. The summed E-state index contributed by atoms with van der Waals surface area (Å²) in [6.45, 7) is 0. The van der Waals surface area contributed by atoms with Gasteiger partial charge in [-0.05, 0) is 24.1 Å². The number of sulfonamides is 1. The largest absolute Gasteiger partial charge is 0.238 e. The first-order valence-electron chi connectivity index (χ1n) is 3.67. The molecular formula is C9H5FN2O2S. The number of halogens is 1. The van der Waals surface area contributed by atoms with E-state index in [4.69, 9.17) is 10.4 Å². The van der Waals surface area contributed by atoms with Gasteiger partial charge in [0.15, 0.2) is 6.07 Å². The van der Waals surface area contributed by atoms with Gasteiger partial charge in [-0.1, -0.05) is 0 Å². The van der Waals surface area contributed by atoms with E-state index in [2.05, 4.69) is 5.92 Å². The summed E-state index contributed by atoms with van der Waals surface area (Å²) in [5.74, 6) is 3.39. The molecular weight excluding hydrogens is 219 g/mol. The average molecular weight is 224 g/mol. The molecule has 0 fully saturated rings. The van der Waals surface area contributed by atoms with Crippen LogP contribution in [0.2, 0.25) is 0 Å². The molecule has 0 aliphatic carbocycles. The molecule has 0 spiro atoms. The summed E-state index contributed by atoms with van der Waals surface area (Å²) in [6.07, 6.45) is 0. The lowest BCUT2D eigenvalue weighted by molar-refractivity contribution is 0.591. The van der Waals surface area contributed by atoms with Gasteiger partial charge >= 0.3 is 0 Å². The molecule has 0 atom stereocenters. The first kappa shape index (κ1) is 11.2. The lowest BCUT2D eigenvalue weighted by Gasteiger charge is -1.99. The van der Waals surface area contributed by atoms with Crippen molar-refractivity contribution in [3.8, 4) is 17.9 Å². The van der Waals surface area contributed by atoms with Crippen molar-refractivity contribution in [3.63, 3.8) is 0 Å². The third-order valence-corrected chi connectivity index (χ3v) is 2.43. The van der Waals surface area contributed by atoms with Crippen LogP contribution < -0.4 is 5.14 Å². The molecule has 0 aromatic heterocycles. The fourth-order valence-electron chi connectivity index (χ4n) is 0.869. The van der Waals surface area contributed by atoms with Crippen LogP contribution in [0, 0.1) is 29.0 Å². The highest BCUT2D eigenvalue weighted by Crippen LogP contribution is 2.12. The fourth-order valence-corrected chi connectivity index (χ4v) is 1.39. The molecule has 0 amide bonds. The predicted octanol–water partition coefficient (Wildman–Crippen LogP) is 0.348. The van der Waals surface area contributed by atoms with Crippen molar-refractivity contribution >= 4 is 10.0 Å². The van der Waals surface area contributed by atoms with E-state index in [1.54, 1.807) is 0 Å². The van der Waals surface area contributed by atoms with E-state index in [1.165, 1.54) is 6.07 Å². The minimum atomic E-state index is -3.92. The van der Waals surface area contributed by atoms with Crippen molar-refractivity contribution in [1.29, 1.82) is 5.26 Å². The maximum absolute atomic E-state index is 13.2. The molecule has 0 aliphatic heterocycles.